The molecule has 1 aliphatic carbocycles. The first-order valence-electron chi connectivity index (χ1n) is 6.90. The van der Waals surface area contributed by atoms with Crippen molar-refractivity contribution in [3.8, 4) is 0 Å². The van der Waals surface area contributed by atoms with E-state index < -0.39 is 5.60 Å². The lowest BCUT2D eigenvalue weighted by Gasteiger charge is -2.28. The molecule has 0 bridgehead atoms. The third kappa shape index (κ3) is 3.73. The van der Waals surface area contributed by atoms with Crippen LogP contribution in [0.5, 0.6) is 0 Å². The predicted octanol–water partition coefficient (Wildman–Crippen LogP) is 3.53. The van der Waals surface area contributed by atoms with E-state index in [9.17, 15) is 9.90 Å². The smallest absolute Gasteiger partial charge is 0.321 e. The van der Waals surface area contributed by atoms with Gasteiger partial charge in [0.05, 0.1) is 17.8 Å². The Labute approximate surface area is 128 Å². The molecule has 2 rings (SSSR count). The molecule has 1 aromatic rings. The number of hydrogen-bond acceptors (Lipinski definition) is 2. The first-order chi connectivity index (χ1) is 9.39. The number of carbonyl (C=O) groups is 1. The lowest BCUT2D eigenvalue weighted by Crippen LogP contribution is -2.43. The average Bonchev–Trinajstić information content (AvgIpc) is 2.80. The van der Waals surface area contributed by atoms with Gasteiger partial charge in [-0.25, -0.2) is 4.79 Å². The maximum Gasteiger partial charge on any atom is 0.321 e. The van der Waals surface area contributed by atoms with Crippen LogP contribution in [0.1, 0.15) is 31.2 Å². The number of anilines is 1. The average molecular weight is 341 g/mol. The minimum Gasteiger partial charge on any atom is -0.388 e. The van der Waals surface area contributed by atoms with Crippen LogP contribution in [0.3, 0.4) is 0 Å². The second-order valence-electron chi connectivity index (χ2n) is 5.70. The summed E-state index contributed by atoms with van der Waals surface area (Å²) in [5, 5.41) is 13.2. The van der Waals surface area contributed by atoms with Crippen LogP contribution in [0.15, 0.2) is 22.7 Å². The van der Waals surface area contributed by atoms with Crippen molar-refractivity contribution in [1.82, 2.24) is 4.90 Å². The highest BCUT2D eigenvalue weighted by atomic mass is 79.9. The number of urea groups is 1. The summed E-state index contributed by atoms with van der Waals surface area (Å²) < 4.78 is 0.851. The molecule has 0 saturated heterocycles. The van der Waals surface area contributed by atoms with Crippen LogP contribution in [0.25, 0.3) is 0 Å². The van der Waals surface area contributed by atoms with E-state index >= 15 is 0 Å². The molecular formula is C15H21BrN2O2. The number of likely N-dealkylation sites (N-methyl/N-ethyl adjacent to an activating group) is 1. The van der Waals surface area contributed by atoms with E-state index in [4.69, 9.17) is 0 Å². The quantitative estimate of drug-likeness (QED) is 0.884. The first-order valence-corrected chi connectivity index (χ1v) is 7.70. The van der Waals surface area contributed by atoms with Crippen molar-refractivity contribution in [2.24, 2.45) is 0 Å². The van der Waals surface area contributed by atoms with E-state index in [1.54, 1.807) is 11.9 Å². The van der Waals surface area contributed by atoms with Gasteiger partial charge in [0.25, 0.3) is 0 Å². The van der Waals surface area contributed by atoms with Gasteiger partial charge in [-0.15, -0.1) is 0 Å². The Morgan fingerprint density at radius 3 is 2.75 bits per heavy atom. The third-order valence-corrected chi connectivity index (χ3v) is 4.47. The molecule has 0 heterocycles. The van der Waals surface area contributed by atoms with Gasteiger partial charge in [0.2, 0.25) is 0 Å². The Bertz CT molecular complexity index is 499. The summed E-state index contributed by atoms with van der Waals surface area (Å²) >= 11 is 3.42. The summed E-state index contributed by atoms with van der Waals surface area (Å²) in [6, 6.07) is 5.61. The fourth-order valence-corrected chi connectivity index (χ4v) is 3.00. The SMILES string of the molecule is Cc1ccc(Br)c(NC(=O)N(C)CC2(O)CCCC2)c1. The van der Waals surface area contributed by atoms with Gasteiger partial charge in [-0.2, -0.15) is 0 Å². The van der Waals surface area contributed by atoms with Crippen molar-refractivity contribution >= 4 is 27.6 Å². The van der Waals surface area contributed by atoms with E-state index in [0.29, 0.717) is 6.54 Å². The summed E-state index contributed by atoms with van der Waals surface area (Å²) in [5.41, 5.74) is 1.12. The molecule has 0 spiro atoms. The third-order valence-electron chi connectivity index (χ3n) is 3.78. The fourth-order valence-electron chi connectivity index (χ4n) is 2.65. The van der Waals surface area contributed by atoms with Crippen molar-refractivity contribution in [3.05, 3.63) is 28.2 Å². The highest BCUT2D eigenvalue weighted by molar-refractivity contribution is 9.10. The molecule has 2 amide bonds. The molecule has 1 fully saturated rings. The molecule has 0 atom stereocenters. The Hall–Kier alpha value is -1.07. The Morgan fingerprint density at radius 2 is 2.10 bits per heavy atom. The number of benzene rings is 1. The number of amides is 2. The topological polar surface area (TPSA) is 52.6 Å². The van der Waals surface area contributed by atoms with Crippen LogP contribution in [-0.2, 0) is 0 Å². The van der Waals surface area contributed by atoms with Gasteiger partial charge in [-0.1, -0.05) is 18.9 Å². The fraction of sp³-hybridized carbons (Fsp3) is 0.533. The lowest BCUT2D eigenvalue weighted by atomic mass is 10.0. The maximum atomic E-state index is 12.2. The maximum absolute atomic E-state index is 12.2. The molecule has 0 unspecified atom stereocenters. The normalized spacial score (nSPS) is 17.0. The highest BCUT2D eigenvalue weighted by Gasteiger charge is 2.33. The standard InChI is InChI=1S/C15H21BrN2O2/c1-11-5-6-12(16)13(9-11)17-14(19)18(2)10-15(20)7-3-4-8-15/h5-6,9,20H,3-4,7-8,10H2,1-2H3,(H,17,19). The molecule has 4 nitrogen and oxygen atoms in total. The van der Waals surface area contributed by atoms with E-state index in [-0.39, 0.29) is 6.03 Å². The molecule has 1 aromatic carbocycles. The van der Waals surface area contributed by atoms with Crippen molar-refractivity contribution in [2.75, 3.05) is 18.9 Å². The number of halogens is 1. The van der Waals surface area contributed by atoms with E-state index in [1.807, 2.05) is 25.1 Å². The van der Waals surface area contributed by atoms with Crippen LogP contribution in [0.2, 0.25) is 0 Å². The van der Waals surface area contributed by atoms with Gasteiger partial charge in [-0.05, 0) is 53.4 Å². The van der Waals surface area contributed by atoms with Crippen LogP contribution < -0.4 is 5.32 Å². The van der Waals surface area contributed by atoms with Gasteiger partial charge < -0.3 is 15.3 Å². The number of nitrogens with one attached hydrogen (secondary N) is 1. The van der Waals surface area contributed by atoms with E-state index in [2.05, 4.69) is 21.2 Å². The number of nitrogens with zero attached hydrogens (tertiary/aromatic N) is 1. The van der Waals surface area contributed by atoms with Crippen molar-refractivity contribution in [3.63, 3.8) is 0 Å². The minimum atomic E-state index is -0.712. The van der Waals surface area contributed by atoms with Crippen LogP contribution in [-0.4, -0.2) is 35.2 Å². The van der Waals surface area contributed by atoms with Gasteiger partial charge in [0.1, 0.15) is 0 Å². The zero-order valence-electron chi connectivity index (χ0n) is 11.9. The number of hydrogen-bond donors (Lipinski definition) is 2. The minimum absolute atomic E-state index is 0.198. The van der Waals surface area contributed by atoms with Gasteiger partial charge in [-0.3, -0.25) is 0 Å². The summed E-state index contributed by atoms with van der Waals surface area (Å²) in [4.78, 5) is 13.7. The van der Waals surface area contributed by atoms with Gasteiger partial charge in [0.15, 0.2) is 0 Å². The molecule has 0 aromatic heterocycles. The predicted molar refractivity (Wildman–Crippen MR) is 83.9 cm³/mol. The molecule has 0 aliphatic heterocycles. The summed E-state index contributed by atoms with van der Waals surface area (Å²) in [7, 11) is 1.72. The molecule has 20 heavy (non-hydrogen) atoms. The summed E-state index contributed by atoms with van der Waals surface area (Å²) in [5.74, 6) is 0. The summed E-state index contributed by atoms with van der Waals surface area (Å²) in [6.45, 7) is 2.36. The highest BCUT2D eigenvalue weighted by Crippen LogP contribution is 2.30. The zero-order valence-corrected chi connectivity index (χ0v) is 13.5. The molecule has 1 saturated carbocycles. The first kappa shape index (κ1) is 15.3. The molecule has 0 radical (unpaired) electrons. The van der Waals surface area contributed by atoms with Crippen LogP contribution in [0.4, 0.5) is 10.5 Å². The molecule has 5 heteroatoms. The monoisotopic (exact) mass is 340 g/mol. The van der Waals surface area contributed by atoms with Gasteiger partial charge in [0, 0.05) is 11.5 Å². The van der Waals surface area contributed by atoms with Gasteiger partial charge >= 0.3 is 6.03 Å². The number of aliphatic hydroxyl groups is 1. The van der Waals surface area contributed by atoms with E-state index in [1.165, 1.54) is 0 Å². The van der Waals surface area contributed by atoms with Crippen molar-refractivity contribution in [1.29, 1.82) is 0 Å². The zero-order chi connectivity index (χ0) is 14.8. The second kappa shape index (κ2) is 6.14. The molecule has 1 aliphatic rings. The summed E-state index contributed by atoms with van der Waals surface area (Å²) in [6.07, 6.45) is 3.63. The Kier molecular flexibility index (Phi) is 4.70. The molecule has 110 valence electrons. The number of rotatable bonds is 3. The lowest BCUT2D eigenvalue weighted by molar-refractivity contribution is 0.0261. The van der Waals surface area contributed by atoms with Crippen LogP contribution in [0, 0.1) is 6.92 Å². The van der Waals surface area contributed by atoms with Crippen molar-refractivity contribution < 1.29 is 9.90 Å². The number of carbonyl (C=O) groups excluding carboxylic acids is 1. The number of aryl methyl sites for hydroxylation is 1. The Morgan fingerprint density at radius 1 is 1.45 bits per heavy atom. The molecule has 2 N–H and O–H groups in total. The van der Waals surface area contributed by atoms with Crippen molar-refractivity contribution in [2.45, 2.75) is 38.2 Å². The Balaban J connectivity index is 1.98. The van der Waals surface area contributed by atoms with Crippen LogP contribution >= 0.6 is 15.9 Å². The second-order valence-corrected chi connectivity index (χ2v) is 6.56. The largest absolute Gasteiger partial charge is 0.388 e. The van der Waals surface area contributed by atoms with E-state index in [0.717, 1.165) is 41.4 Å². The molecular weight excluding hydrogens is 320 g/mol.